The van der Waals surface area contributed by atoms with Crippen molar-refractivity contribution in [1.82, 2.24) is 4.98 Å². The number of rotatable bonds is 1. The van der Waals surface area contributed by atoms with Gasteiger partial charge in [-0.3, -0.25) is 0 Å². The van der Waals surface area contributed by atoms with Gasteiger partial charge in [0.2, 0.25) is 0 Å². The molecular weight excluding hydrogens is 336 g/mol. The van der Waals surface area contributed by atoms with Crippen LogP contribution in [0.1, 0.15) is 0 Å². The average molecular weight is 347 g/mol. The Morgan fingerprint density at radius 1 is 1.33 bits per heavy atom. The lowest BCUT2D eigenvalue weighted by atomic mass is 10.3. The van der Waals surface area contributed by atoms with Crippen molar-refractivity contribution in [3.05, 3.63) is 22.1 Å². The Hall–Kier alpha value is -0.660. The van der Waals surface area contributed by atoms with Gasteiger partial charge < -0.3 is 4.90 Å². The Morgan fingerprint density at radius 3 is 2.78 bits per heavy atom. The number of thiophene rings is 1. The highest BCUT2D eigenvalue weighted by Gasteiger charge is 2.24. The third kappa shape index (κ3) is 2.15. The van der Waals surface area contributed by atoms with Crippen molar-refractivity contribution < 1.29 is 8.42 Å². The van der Waals surface area contributed by atoms with E-state index in [0.29, 0.717) is 13.1 Å². The quantitative estimate of drug-likeness (QED) is 0.794. The van der Waals surface area contributed by atoms with Gasteiger partial charge in [0.05, 0.1) is 16.2 Å². The van der Waals surface area contributed by atoms with Crippen LogP contribution in [-0.4, -0.2) is 38.0 Å². The maximum atomic E-state index is 11.4. The minimum Gasteiger partial charge on any atom is -0.353 e. The lowest BCUT2D eigenvalue weighted by Gasteiger charge is -2.28. The fourth-order valence-electron chi connectivity index (χ4n) is 2.07. The SMILES string of the molecule is O=S1(=O)CCN(c2ncc(Br)c3ccsc23)CC1. The van der Waals surface area contributed by atoms with Crippen molar-refractivity contribution in [3.8, 4) is 0 Å². The van der Waals surface area contributed by atoms with Crippen LogP contribution in [0, 0.1) is 0 Å². The van der Waals surface area contributed by atoms with Gasteiger partial charge in [-0.2, -0.15) is 0 Å². The van der Waals surface area contributed by atoms with Crippen LogP contribution in [0.15, 0.2) is 22.1 Å². The summed E-state index contributed by atoms with van der Waals surface area (Å²) in [4.78, 5) is 6.51. The van der Waals surface area contributed by atoms with Gasteiger partial charge in [-0.1, -0.05) is 0 Å². The summed E-state index contributed by atoms with van der Waals surface area (Å²) in [5.41, 5.74) is 0. The van der Waals surface area contributed by atoms with E-state index in [1.807, 2.05) is 5.38 Å². The van der Waals surface area contributed by atoms with Gasteiger partial charge in [0.1, 0.15) is 5.82 Å². The van der Waals surface area contributed by atoms with E-state index >= 15 is 0 Å². The van der Waals surface area contributed by atoms with E-state index in [4.69, 9.17) is 0 Å². The Labute approximate surface area is 118 Å². The molecular formula is C11H11BrN2O2S2. The van der Waals surface area contributed by atoms with Crippen LogP contribution in [0.25, 0.3) is 10.1 Å². The molecule has 0 saturated carbocycles. The molecule has 1 saturated heterocycles. The van der Waals surface area contributed by atoms with Gasteiger partial charge >= 0.3 is 0 Å². The maximum Gasteiger partial charge on any atom is 0.153 e. The van der Waals surface area contributed by atoms with Gasteiger partial charge in [-0.15, -0.1) is 11.3 Å². The summed E-state index contributed by atoms with van der Waals surface area (Å²) >= 11 is 5.12. The number of fused-ring (bicyclic) bond motifs is 1. The molecule has 1 aliphatic heterocycles. The van der Waals surface area contributed by atoms with Crippen molar-refractivity contribution in [2.45, 2.75) is 0 Å². The summed E-state index contributed by atoms with van der Waals surface area (Å²) < 4.78 is 25.0. The Kier molecular flexibility index (Phi) is 3.07. The highest BCUT2D eigenvalue weighted by molar-refractivity contribution is 9.10. The van der Waals surface area contributed by atoms with Crippen LogP contribution in [0.5, 0.6) is 0 Å². The lowest BCUT2D eigenvalue weighted by molar-refractivity contribution is 0.586. The molecule has 0 aliphatic carbocycles. The van der Waals surface area contributed by atoms with Crippen LogP contribution in [0.3, 0.4) is 0 Å². The number of pyridine rings is 1. The van der Waals surface area contributed by atoms with Crippen molar-refractivity contribution in [2.24, 2.45) is 0 Å². The maximum absolute atomic E-state index is 11.4. The Morgan fingerprint density at radius 2 is 2.06 bits per heavy atom. The number of hydrogen-bond acceptors (Lipinski definition) is 5. The van der Waals surface area contributed by atoms with Crippen LogP contribution in [0.4, 0.5) is 5.82 Å². The number of halogens is 1. The van der Waals surface area contributed by atoms with Crippen molar-refractivity contribution in [1.29, 1.82) is 0 Å². The van der Waals surface area contributed by atoms with Gasteiger partial charge in [0.25, 0.3) is 0 Å². The number of hydrogen-bond donors (Lipinski definition) is 0. The highest BCUT2D eigenvalue weighted by atomic mass is 79.9. The molecule has 3 heterocycles. The molecule has 0 atom stereocenters. The van der Waals surface area contributed by atoms with Crippen molar-refractivity contribution in [2.75, 3.05) is 29.5 Å². The summed E-state index contributed by atoms with van der Waals surface area (Å²) in [7, 11) is -2.85. The molecule has 2 aromatic rings. The molecule has 0 amide bonds. The molecule has 96 valence electrons. The zero-order chi connectivity index (χ0) is 12.8. The summed E-state index contributed by atoms with van der Waals surface area (Å²) in [5, 5.41) is 3.17. The zero-order valence-corrected chi connectivity index (χ0v) is 12.7. The van der Waals surface area contributed by atoms with E-state index in [2.05, 4.69) is 31.9 Å². The first kappa shape index (κ1) is 12.4. The highest BCUT2D eigenvalue weighted by Crippen LogP contribution is 2.34. The second-order valence-electron chi connectivity index (χ2n) is 4.23. The monoisotopic (exact) mass is 346 g/mol. The zero-order valence-electron chi connectivity index (χ0n) is 9.47. The standard InChI is InChI=1S/C11H11BrN2O2S2/c12-9-7-13-11(10-8(9)1-4-17-10)14-2-5-18(15,16)6-3-14/h1,4,7H,2-3,5-6H2. The van der Waals surface area contributed by atoms with Crippen LogP contribution < -0.4 is 4.90 Å². The van der Waals surface area contributed by atoms with E-state index in [-0.39, 0.29) is 11.5 Å². The first-order valence-corrected chi connectivity index (χ1v) is 9.03. The normalized spacial score (nSPS) is 19.3. The first-order valence-electron chi connectivity index (χ1n) is 5.54. The van der Waals surface area contributed by atoms with Crippen molar-refractivity contribution in [3.63, 3.8) is 0 Å². The molecule has 1 fully saturated rings. The van der Waals surface area contributed by atoms with Gasteiger partial charge in [-0.25, -0.2) is 13.4 Å². The number of sulfone groups is 1. The topological polar surface area (TPSA) is 50.3 Å². The molecule has 0 N–H and O–H groups in total. The fourth-order valence-corrected chi connectivity index (χ4v) is 4.76. The predicted molar refractivity (Wildman–Crippen MR) is 78.2 cm³/mol. The fraction of sp³-hybridized carbons (Fsp3) is 0.364. The minimum absolute atomic E-state index is 0.220. The first-order chi connectivity index (χ1) is 8.57. The Balaban J connectivity index is 2.01. The summed E-state index contributed by atoms with van der Waals surface area (Å²) in [6.07, 6.45) is 1.79. The molecule has 0 radical (unpaired) electrons. The number of aromatic nitrogens is 1. The number of anilines is 1. The predicted octanol–water partition coefficient (Wildman–Crippen LogP) is 2.29. The molecule has 0 bridgehead atoms. The van der Waals surface area contributed by atoms with E-state index in [9.17, 15) is 8.42 Å². The van der Waals surface area contributed by atoms with Gasteiger partial charge in [0, 0.05) is 29.1 Å². The van der Waals surface area contributed by atoms with Crippen LogP contribution in [-0.2, 0) is 9.84 Å². The van der Waals surface area contributed by atoms with E-state index in [0.717, 1.165) is 20.4 Å². The summed E-state index contributed by atoms with van der Waals surface area (Å²) in [6, 6.07) is 2.05. The second kappa shape index (κ2) is 4.47. The summed E-state index contributed by atoms with van der Waals surface area (Å²) in [5.74, 6) is 1.34. The molecule has 3 rings (SSSR count). The molecule has 0 aromatic carbocycles. The van der Waals surface area contributed by atoms with Gasteiger partial charge in [-0.05, 0) is 27.4 Å². The van der Waals surface area contributed by atoms with E-state index in [1.165, 1.54) is 0 Å². The number of nitrogens with zero attached hydrogens (tertiary/aromatic N) is 2. The Bertz CT molecular complexity index is 682. The molecule has 1 aliphatic rings. The molecule has 2 aromatic heterocycles. The van der Waals surface area contributed by atoms with Crippen molar-refractivity contribution >= 4 is 53.0 Å². The molecule has 18 heavy (non-hydrogen) atoms. The average Bonchev–Trinajstić information content (AvgIpc) is 2.80. The van der Waals surface area contributed by atoms with Crippen LogP contribution >= 0.6 is 27.3 Å². The molecule has 4 nitrogen and oxygen atoms in total. The second-order valence-corrected chi connectivity index (χ2v) is 8.31. The molecule has 7 heteroatoms. The van der Waals surface area contributed by atoms with E-state index in [1.54, 1.807) is 17.5 Å². The smallest absolute Gasteiger partial charge is 0.153 e. The largest absolute Gasteiger partial charge is 0.353 e. The molecule has 0 spiro atoms. The third-order valence-electron chi connectivity index (χ3n) is 3.07. The summed E-state index contributed by atoms with van der Waals surface area (Å²) in [6.45, 7) is 1.06. The lowest BCUT2D eigenvalue weighted by Crippen LogP contribution is -2.40. The van der Waals surface area contributed by atoms with E-state index < -0.39 is 9.84 Å². The molecule has 0 unspecified atom stereocenters. The minimum atomic E-state index is -2.85. The van der Waals surface area contributed by atoms with Gasteiger partial charge in [0.15, 0.2) is 9.84 Å². The van der Waals surface area contributed by atoms with Crippen LogP contribution in [0.2, 0.25) is 0 Å². The third-order valence-corrected chi connectivity index (χ3v) is 6.22.